The molecular weight excluding hydrogens is 196 g/mol. The number of thioether (sulfide) groups is 1. The van der Waals surface area contributed by atoms with E-state index >= 15 is 0 Å². The van der Waals surface area contributed by atoms with E-state index in [0.717, 1.165) is 18.1 Å². The van der Waals surface area contributed by atoms with Crippen molar-refractivity contribution >= 4 is 11.8 Å². The van der Waals surface area contributed by atoms with Crippen molar-refractivity contribution in [1.82, 2.24) is 0 Å². The van der Waals surface area contributed by atoms with Crippen molar-refractivity contribution in [2.45, 2.75) is 17.4 Å². The summed E-state index contributed by atoms with van der Waals surface area (Å²) < 4.78 is 10.4. The number of hydrogen-bond acceptors (Lipinski definition) is 3. The van der Waals surface area contributed by atoms with Gasteiger partial charge in [0.15, 0.2) is 0 Å². The lowest BCUT2D eigenvalue weighted by atomic mass is 10.3. The van der Waals surface area contributed by atoms with Crippen LogP contribution in [0.5, 0.6) is 5.75 Å². The van der Waals surface area contributed by atoms with Crippen LogP contribution in [0.2, 0.25) is 0 Å². The molecular formula is C11H14O2S. The van der Waals surface area contributed by atoms with Crippen LogP contribution in [0.4, 0.5) is 0 Å². The van der Waals surface area contributed by atoms with Gasteiger partial charge in [-0.1, -0.05) is 0 Å². The summed E-state index contributed by atoms with van der Waals surface area (Å²) in [6, 6.07) is 8.13. The molecule has 1 aliphatic heterocycles. The molecule has 2 rings (SSSR count). The highest BCUT2D eigenvalue weighted by molar-refractivity contribution is 7.99. The molecule has 2 nitrogen and oxygen atoms in total. The predicted molar refractivity (Wildman–Crippen MR) is 58.1 cm³/mol. The van der Waals surface area contributed by atoms with E-state index in [-0.39, 0.29) is 5.60 Å². The minimum Gasteiger partial charge on any atom is -0.497 e. The Labute approximate surface area is 88.6 Å². The molecule has 76 valence electrons. The van der Waals surface area contributed by atoms with Gasteiger partial charge in [0.25, 0.3) is 0 Å². The molecule has 0 aliphatic carbocycles. The summed E-state index contributed by atoms with van der Waals surface area (Å²) in [6.45, 7) is 3.04. The van der Waals surface area contributed by atoms with E-state index in [4.69, 9.17) is 9.47 Å². The average Bonchev–Trinajstić information content (AvgIpc) is 2.95. The highest BCUT2D eigenvalue weighted by Crippen LogP contribution is 2.33. The molecule has 0 saturated carbocycles. The number of ether oxygens (including phenoxy) is 2. The molecule has 1 heterocycles. The van der Waals surface area contributed by atoms with Gasteiger partial charge in [0, 0.05) is 10.6 Å². The highest BCUT2D eigenvalue weighted by Gasteiger charge is 2.38. The van der Waals surface area contributed by atoms with E-state index in [2.05, 4.69) is 19.1 Å². The lowest BCUT2D eigenvalue weighted by Gasteiger charge is -2.05. The first kappa shape index (κ1) is 9.87. The fraction of sp³-hybridized carbons (Fsp3) is 0.455. The Hall–Kier alpha value is -0.670. The first-order valence-electron chi connectivity index (χ1n) is 4.63. The number of epoxide rings is 1. The number of hydrogen-bond donors (Lipinski definition) is 0. The van der Waals surface area contributed by atoms with Gasteiger partial charge in [-0.05, 0) is 31.2 Å². The smallest absolute Gasteiger partial charge is 0.118 e. The summed E-state index contributed by atoms with van der Waals surface area (Å²) in [7, 11) is 1.68. The summed E-state index contributed by atoms with van der Waals surface area (Å²) in [6.07, 6.45) is 0. The topological polar surface area (TPSA) is 21.8 Å². The van der Waals surface area contributed by atoms with Crippen LogP contribution in [-0.2, 0) is 4.74 Å². The molecule has 3 heteroatoms. The lowest BCUT2D eigenvalue weighted by molar-refractivity contribution is 0.348. The van der Waals surface area contributed by atoms with Crippen LogP contribution in [0, 0.1) is 0 Å². The molecule has 0 bridgehead atoms. The standard InChI is InChI=1S/C11H14O2S/c1-11(7-13-11)8-14-10-5-3-9(12-2)4-6-10/h3-6H,7-8H2,1-2H3. The summed E-state index contributed by atoms with van der Waals surface area (Å²) in [4.78, 5) is 1.27. The molecule has 1 fully saturated rings. The molecule has 0 N–H and O–H groups in total. The summed E-state index contributed by atoms with van der Waals surface area (Å²) >= 11 is 1.83. The quantitative estimate of drug-likeness (QED) is 0.563. The third-order valence-corrected chi connectivity index (χ3v) is 3.60. The first-order chi connectivity index (χ1) is 6.72. The molecule has 1 aromatic rings. The predicted octanol–water partition coefficient (Wildman–Crippen LogP) is 2.58. The second kappa shape index (κ2) is 3.83. The van der Waals surface area contributed by atoms with Crippen molar-refractivity contribution in [2.24, 2.45) is 0 Å². The van der Waals surface area contributed by atoms with Crippen molar-refractivity contribution in [1.29, 1.82) is 0 Å². The van der Waals surface area contributed by atoms with Crippen LogP contribution in [0.1, 0.15) is 6.92 Å². The molecule has 1 aromatic carbocycles. The zero-order valence-corrected chi connectivity index (χ0v) is 9.26. The summed E-state index contributed by atoms with van der Waals surface area (Å²) in [5.74, 6) is 1.93. The van der Waals surface area contributed by atoms with Crippen LogP contribution < -0.4 is 4.74 Å². The van der Waals surface area contributed by atoms with E-state index in [1.807, 2.05) is 23.9 Å². The number of rotatable bonds is 4. The van der Waals surface area contributed by atoms with Gasteiger partial charge in [-0.2, -0.15) is 0 Å². The zero-order valence-electron chi connectivity index (χ0n) is 8.45. The third-order valence-electron chi connectivity index (χ3n) is 2.24. The zero-order chi connectivity index (χ0) is 10.0. The van der Waals surface area contributed by atoms with Crippen molar-refractivity contribution in [3.63, 3.8) is 0 Å². The molecule has 1 atom stereocenters. The highest BCUT2D eigenvalue weighted by atomic mass is 32.2. The average molecular weight is 210 g/mol. The Bertz CT molecular complexity index is 304. The monoisotopic (exact) mass is 210 g/mol. The fourth-order valence-electron chi connectivity index (χ4n) is 1.11. The fourth-order valence-corrected chi connectivity index (χ4v) is 2.08. The molecule has 1 aliphatic rings. The van der Waals surface area contributed by atoms with Gasteiger partial charge in [0.2, 0.25) is 0 Å². The molecule has 0 spiro atoms. The van der Waals surface area contributed by atoms with Gasteiger partial charge >= 0.3 is 0 Å². The molecule has 1 saturated heterocycles. The van der Waals surface area contributed by atoms with Gasteiger partial charge in [-0.25, -0.2) is 0 Å². The van der Waals surface area contributed by atoms with Crippen LogP contribution in [0.15, 0.2) is 29.2 Å². The maximum absolute atomic E-state index is 5.32. The van der Waals surface area contributed by atoms with Crippen molar-refractivity contribution in [2.75, 3.05) is 19.5 Å². The van der Waals surface area contributed by atoms with Crippen LogP contribution >= 0.6 is 11.8 Å². The second-order valence-corrected chi connectivity index (χ2v) is 4.75. The Morgan fingerprint density at radius 1 is 1.43 bits per heavy atom. The van der Waals surface area contributed by atoms with Gasteiger partial charge in [0.05, 0.1) is 19.3 Å². The third kappa shape index (κ3) is 2.42. The maximum Gasteiger partial charge on any atom is 0.118 e. The summed E-state index contributed by atoms with van der Waals surface area (Å²) in [5, 5.41) is 0. The molecule has 14 heavy (non-hydrogen) atoms. The van der Waals surface area contributed by atoms with Gasteiger partial charge < -0.3 is 9.47 Å². The minimum absolute atomic E-state index is 0.130. The molecule has 0 radical (unpaired) electrons. The lowest BCUT2D eigenvalue weighted by Crippen LogP contribution is -2.07. The van der Waals surface area contributed by atoms with E-state index in [1.54, 1.807) is 7.11 Å². The minimum atomic E-state index is 0.130. The Morgan fingerprint density at radius 3 is 2.57 bits per heavy atom. The van der Waals surface area contributed by atoms with E-state index in [9.17, 15) is 0 Å². The van der Waals surface area contributed by atoms with Crippen molar-refractivity contribution < 1.29 is 9.47 Å². The maximum atomic E-state index is 5.32. The SMILES string of the molecule is COc1ccc(SCC2(C)CO2)cc1. The Morgan fingerprint density at radius 2 is 2.07 bits per heavy atom. The Kier molecular flexibility index (Phi) is 2.70. The summed E-state index contributed by atoms with van der Waals surface area (Å²) in [5.41, 5.74) is 0.130. The van der Waals surface area contributed by atoms with Gasteiger partial charge in [0.1, 0.15) is 5.75 Å². The van der Waals surface area contributed by atoms with Crippen LogP contribution in [-0.4, -0.2) is 25.1 Å². The molecule has 0 amide bonds. The molecule has 1 unspecified atom stereocenters. The normalized spacial score (nSPS) is 24.7. The largest absolute Gasteiger partial charge is 0.497 e. The van der Waals surface area contributed by atoms with Crippen molar-refractivity contribution in [3.05, 3.63) is 24.3 Å². The van der Waals surface area contributed by atoms with Gasteiger partial charge in [-0.15, -0.1) is 11.8 Å². The van der Waals surface area contributed by atoms with Gasteiger partial charge in [-0.3, -0.25) is 0 Å². The van der Waals surface area contributed by atoms with E-state index in [0.29, 0.717) is 0 Å². The van der Waals surface area contributed by atoms with Crippen LogP contribution in [0.3, 0.4) is 0 Å². The van der Waals surface area contributed by atoms with E-state index in [1.165, 1.54) is 4.90 Å². The number of methoxy groups -OCH3 is 1. The molecule has 0 aromatic heterocycles. The first-order valence-corrected chi connectivity index (χ1v) is 5.61. The second-order valence-electron chi connectivity index (χ2n) is 3.70. The van der Waals surface area contributed by atoms with Crippen LogP contribution in [0.25, 0.3) is 0 Å². The number of benzene rings is 1. The Balaban J connectivity index is 1.89. The van der Waals surface area contributed by atoms with Crippen molar-refractivity contribution in [3.8, 4) is 5.75 Å². The van der Waals surface area contributed by atoms with E-state index < -0.39 is 0 Å².